The molecule has 1 amide bonds. The van der Waals surface area contributed by atoms with Gasteiger partial charge in [0.1, 0.15) is 10.6 Å². The van der Waals surface area contributed by atoms with E-state index in [4.69, 9.17) is 9.52 Å². The smallest absolute Gasteiger partial charge is 0.348 e. The zero-order valence-corrected chi connectivity index (χ0v) is 12.0. The number of furan rings is 1. The molecule has 0 radical (unpaired) electrons. The number of amides is 1. The van der Waals surface area contributed by atoms with E-state index in [1.54, 1.807) is 0 Å². The van der Waals surface area contributed by atoms with Crippen LogP contribution >= 0.6 is 23.1 Å². The van der Waals surface area contributed by atoms with Gasteiger partial charge in [0.05, 0.1) is 11.4 Å². The van der Waals surface area contributed by atoms with Crippen LogP contribution in [-0.2, 0) is 5.75 Å². The van der Waals surface area contributed by atoms with Gasteiger partial charge in [-0.1, -0.05) is 11.8 Å². The van der Waals surface area contributed by atoms with E-state index in [1.165, 1.54) is 23.6 Å². The number of hydrogen-bond donors (Lipinski definition) is 2. The molecule has 0 fully saturated rings. The van der Waals surface area contributed by atoms with Gasteiger partial charge in [-0.15, -0.1) is 11.3 Å². The second-order valence-corrected chi connectivity index (χ2v) is 5.65. The summed E-state index contributed by atoms with van der Waals surface area (Å²) in [4.78, 5) is 22.8. The Kier molecular flexibility index (Phi) is 4.97. The van der Waals surface area contributed by atoms with E-state index in [2.05, 4.69) is 5.32 Å². The minimum Gasteiger partial charge on any atom is -0.477 e. The van der Waals surface area contributed by atoms with Crippen molar-refractivity contribution in [2.75, 3.05) is 5.32 Å². The van der Waals surface area contributed by atoms with Crippen molar-refractivity contribution in [3.63, 3.8) is 0 Å². The van der Waals surface area contributed by atoms with Crippen LogP contribution in [0.15, 0.2) is 28.0 Å². The van der Waals surface area contributed by atoms with E-state index in [0.717, 1.165) is 11.3 Å². The zero-order valence-electron chi connectivity index (χ0n) is 10.3. The van der Waals surface area contributed by atoms with Gasteiger partial charge in [-0.25, -0.2) is 4.79 Å². The van der Waals surface area contributed by atoms with Crippen molar-refractivity contribution >= 4 is 40.7 Å². The standard InChI is InChI=1S/C12H9F2NO4S2/c13-12(14)21-5-6-1-2-8(19-6)10(16)15-7-3-4-20-9(7)11(17)18/h1-4,12H,5H2,(H,15,16)(H,17,18). The number of anilines is 1. The number of halogens is 2. The fourth-order valence-corrected chi connectivity index (χ4v) is 2.61. The van der Waals surface area contributed by atoms with Crippen molar-refractivity contribution in [3.05, 3.63) is 40.0 Å². The molecule has 0 unspecified atom stereocenters. The monoisotopic (exact) mass is 333 g/mol. The maximum Gasteiger partial charge on any atom is 0.348 e. The number of carbonyl (C=O) groups excluding carboxylic acids is 1. The molecule has 2 N–H and O–H groups in total. The average molecular weight is 333 g/mol. The lowest BCUT2D eigenvalue weighted by molar-refractivity contribution is 0.0703. The third-order valence-corrected chi connectivity index (χ3v) is 3.95. The van der Waals surface area contributed by atoms with Crippen LogP contribution < -0.4 is 5.32 Å². The van der Waals surface area contributed by atoms with Gasteiger partial charge < -0.3 is 14.8 Å². The Morgan fingerprint density at radius 2 is 2.14 bits per heavy atom. The van der Waals surface area contributed by atoms with Gasteiger partial charge in [0.25, 0.3) is 11.7 Å². The molecule has 2 rings (SSSR count). The summed E-state index contributed by atoms with van der Waals surface area (Å²) < 4.78 is 29.2. The van der Waals surface area contributed by atoms with Crippen molar-refractivity contribution in [1.29, 1.82) is 0 Å². The molecule has 5 nitrogen and oxygen atoms in total. The average Bonchev–Trinajstić information content (AvgIpc) is 3.04. The number of aromatic carboxylic acids is 1. The first-order chi connectivity index (χ1) is 9.97. The Hall–Kier alpha value is -1.87. The Balaban J connectivity index is 2.03. The Morgan fingerprint density at radius 1 is 1.38 bits per heavy atom. The van der Waals surface area contributed by atoms with Gasteiger partial charge in [0.2, 0.25) is 0 Å². The lowest BCUT2D eigenvalue weighted by atomic mass is 10.3. The van der Waals surface area contributed by atoms with Crippen LogP contribution in [0, 0.1) is 0 Å². The van der Waals surface area contributed by atoms with Gasteiger partial charge in [-0.2, -0.15) is 8.78 Å². The minimum atomic E-state index is -2.52. The topological polar surface area (TPSA) is 79.5 Å². The van der Waals surface area contributed by atoms with Crippen LogP contribution in [0.2, 0.25) is 0 Å². The lowest BCUT2D eigenvalue weighted by Crippen LogP contribution is -2.12. The molecule has 0 spiro atoms. The van der Waals surface area contributed by atoms with Crippen LogP contribution in [0.3, 0.4) is 0 Å². The molecule has 112 valence electrons. The van der Waals surface area contributed by atoms with Crippen molar-refractivity contribution in [2.24, 2.45) is 0 Å². The van der Waals surface area contributed by atoms with Gasteiger partial charge in [-0.05, 0) is 23.6 Å². The number of nitrogens with one attached hydrogen (secondary N) is 1. The second-order valence-electron chi connectivity index (χ2n) is 3.76. The maximum absolute atomic E-state index is 12.0. The fraction of sp³-hybridized carbons (Fsp3) is 0.167. The number of hydrogen-bond acceptors (Lipinski definition) is 5. The molecule has 0 saturated heterocycles. The van der Waals surface area contributed by atoms with Gasteiger partial charge in [0, 0.05) is 0 Å². The first kappa shape index (κ1) is 15.5. The normalized spacial score (nSPS) is 10.8. The van der Waals surface area contributed by atoms with Crippen LogP contribution in [0.1, 0.15) is 26.0 Å². The lowest BCUT2D eigenvalue weighted by Gasteiger charge is -2.02. The van der Waals surface area contributed by atoms with Gasteiger partial charge >= 0.3 is 5.97 Å². The summed E-state index contributed by atoms with van der Waals surface area (Å²) in [6.45, 7) is 0. The fourth-order valence-electron chi connectivity index (χ4n) is 1.48. The van der Waals surface area contributed by atoms with E-state index in [0.29, 0.717) is 11.8 Å². The van der Waals surface area contributed by atoms with E-state index in [-0.39, 0.29) is 27.8 Å². The van der Waals surface area contributed by atoms with Crippen molar-refractivity contribution in [1.82, 2.24) is 0 Å². The number of rotatable bonds is 6. The highest BCUT2D eigenvalue weighted by atomic mass is 32.2. The van der Waals surface area contributed by atoms with Crippen molar-refractivity contribution in [3.8, 4) is 0 Å². The Morgan fingerprint density at radius 3 is 2.81 bits per heavy atom. The quantitative estimate of drug-likeness (QED) is 0.842. The van der Waals surface area contributed by atoms with Crippen molar-refractivity contribution in [2.45, 2.75) is 11.5 Å². The number of thioether (sulfide) groups is 1. The maximum atomic E-state index is 12.0. The molecular formula is C12H9F2NO4S2. The van der Waals surface area contributed by atoms with Crippen molar-refractivity contribution < 1.29 is 27.9 Å². The predicted octanol–water partition coefficient (Wildman–Crippen LogP) is 3.75. The van der Waals surface area contributed by atoms with Crippen LogP contribution in [-0.4, -0.2) is 22.7 Å². The molecule has 0 bridgehead atoms. The molecule has 0 aliphatic heterocycles. The molecule has 9 heteroatoms. The summed E-state index contributed by atoms with van der Waals surface area (Å²) >= 11 is 1.37. The summed E-state index contributed by atoms with van der Waals surface area (Å²) in [7, 11) is 0. The van der Waals surface area contributed by atoms with E-state index in [9.17, 15) is 18.4 Å². The summed E-state index contributed by atoms with van der Waals surface area (Å²) in [5.74, 6) is -4.17. The molecule has 2 aromatic rings. The van der Waals surface area contributed by atoms with E-state index in [1.807, 2.05) is 0 Å². The zero-order chi connectivity index (χ0) is 15.4. The number of carbonyl (C=O) groups is 2. The van der Waals surface area contributed by atoms with E-state index >= 15 is 0 Å². The highest BCUT2D eigenvalue weighted by Gasteiger charge is 2.17. The highest BCUT2D eigenvalue weighted by molar-refractivity contribution is 7.98. The minimum absolute atomic E-state index is 0.00313. The number of alkyl halides is 2. The number of carboxylic acids is 1. The number of thiophene rings is 1. The summed E-state index contributed by atoms with van der Waals surface area (Å²) in [5, 5.41) is 12.9. The molecule has 0 atom stereocenters. The second kappa shape index (κ2) is 6.72. The molecule has 2 aromatic heterocycles. The Labute approximate surface area is 126 Å². The highest BCUT2D eigenvalue weighted by Crippen LogP contribution is 2.24. The molecule has 0 aromatic carbocycles. The third-order valence-electron chi connectivity index (χ3n) is 2.34. The summed E-state index contributed by atoms with van der Waals surface area (Å²) in [5.41, 5.74) is 0.164. The molecule has 0 aliphatic carbocycles. The first-order valence-electron chi connectivity index (χ1n) is 5.58. The SMILES string of the molecule is O=C(Nc1ccsc1C(=O)O)c1ccc(CSC(F)F)o1. The molecule has 0 aliphatic rings. The van der Waals surface area contributed by atoms with Crippen LogP contribution in [0.4, 0.5) is 14.5 Å². The first-order valence-corrected chi connectivity index (χ1v) is 7.51. The molecule has 0 saturated carbocycles. The molecule has 2 heterocycles. The van der Waals surface area contributed by atoms with Gasteiger partial charge in [0.15, 0.2) is 5.76 Å². The van der Waals surface area contributed by atoms with Crippen LogP contribution in [0.25, 0.3) is 0 Å². The van der Waals surface area contributed by atoms with E-state index < -0.39 is 17.6 Å². The van der Waals surface area contributed by atoms with Gasteiger partial charge in [-0.3, -0.25) is 4.79 Å². The summed E-state index contributed by atoms with van der Waals surface area (Å²) in [6.07, 6.45) is 0. The molecule has 21 heavy (non-hydrogen) atoms. The third kappa shape index (κ3) is 4.05. The van der Waals surface area contributed by atoms with Crippen LogP contribution in [0.5, 0.6) is 0 Å². The number of carboxylic acid groups (broad SMARTS) is 1. The molecular weight excluding hydrogens is 324 g/mol. The largest absolute Gasteiger partial charge is 0.477 e. The predicted molar refractivity (Wildman–Crippen MR) is 75.2 cm³/mol. The summed E-state index contributed by atoms with van der Waals surface area (Å²) in [6, 6.07) is 4.24. The Bertz CT molecular complexity index is 653.